The van der Waals surface area contributed by atoms with Crippen LogP contribution in [0.3, 0.4) is 0 Å². The van der Waals surface area contributed by atoms with E-state index in [9.17, 15) is 0 Å². The predicted octanol–water partition coefficient (Wildman–Crippen LogP) is 2.36. The van der Waals surface area contributed by atoms with E-state index in [1.165, 1.54) is 70.8 Å². The second-order valence-electron chi connectivity index (χ2n) is 7.96. The first kappa shape index (κ1) is 28.3. The third kappa shape index (κ3) is 14.2. The van der Waals surface area contributed by atoms with Crippen molar-refractivity contribution < 1.29 is 31.1 Å². The Morgan fingerprint density at radius 1 is 0.615 bits per heavy atom. The largest absolute Gasteiger partial charge is 1.00 e. The third-order valence-electron chi connectivity index (χ3n) is 5.30. The lowest BCUT2D eigenvalue weighted by atomic mass is 10.1. The summed E-state index contributed by atoms with van der Waals surface area (Å²) in [6, 6.07) is 0. The van der Waals surface area contributed by atoms with Crippen molar-refractivity contribution in [1.29, 1.82) is 0 Å². The van der Waals surface area contributed by atoms with Crippen LogP contribution in [0.2, 0.25) is 0 Å². The normalized spacial score (nSPS) is 12.2. The Kier molecular flexibility index (Phi) is 18.8. The molecule has 26 heavy (non-hydrogen) atoms. The summed E-state index contributed by atoms with van der Waals surface area (Å²) in [5.41, 5.74) is 0. The topological polar surface area (TPSA) is 27.7 Å². The molecule has 0 bridgehead atoms. The molecule has 0 aliphatic carbocycles. The van der Waals surface area contributed by atoms with Crippen LogP contribution < -0.4 is 12.4 Å². The minimum atomic E-state index is -0.878. The summed E-state index contributed by atoms with van der Waals surface area (Å²) in [6.07, 6.45) is 15.8. The highest BCUT2D eigenvalue weighted by Crippen LogP contribution is 2.20. The van der Waals surface area contributed by atoms with Gasteiger partial charge in [-0.2, -0.15) is 0 Å². The lowest BCUT2D eigenvalue weighted by Crippen LogP contribution is -3.00. The summed E-state index contributed by atoms with van der Waals surface area (Å²) < 4.78 is 17.2. The number of quaternary nitrogens is 1. The van der Waals surface area contributed by atoms with Crippen LogP contribution in [0.5, 0.6) is 0 Å². The van der Waals surface area contributed by atoms with Gasteiger partial charge in [0, 0.05) is 34.2 Å². The van der Waals surface area contributed by atoms with Gasteiger partial charge in [0.1, 0.15) is 0 Å². The van der Waals surface area contributed by atoms with Gasteiger partial charge in [-0.25, -0.2) is 0 Å². The van der Waals surface area contributed by atoms with E-state index in [1.54, 1.807) is 21.3 Å². The molecule has 4 nitrogen and oxygen atoms in total. The maximum absolute atomic E-state index is 5.37. The fourth-order valence-electron chi connectivity index (χ4n) is 3.42. The van der Waals surface area contributed by atoms with Crippen LogP contribution in [0, 0.1) is 0 Å². The highest BCUT2D eigenvalue weighted by molar-refractivity contribution is 4.56. The lowest BCUT2D eigenvalue weighted by molar-refractivity contribution is -0.891. The Morgan fingerprint density at radius 3 is 1.42 bits per heavy atom. The minimum absolute atomic E-state index is 0. The van der Waals surface area contributed by atoms with Crippen LogP contribution in [0.4, 0.5) is 0 Å². The summed E-state index contributed by atoms with van der Waals surface area (Å²) in [4.78, 5) is 0. The van der Waals surface area contributed by atoms with Gasteiger partial charge in [-0.15, -0.1) is 0 Å². The van der Waals surface area contributed by atoms with Crippen molar-refractivity contribution in [2.75, 3.05) is 48.5 Å². The highest BCUT2D eigenvalue weighted by Gasteiger charge is 2.30. The van der Waals surface area contributed by atoms with E-state index >= 15 is 0 Å². The first-order chi connectivity index (χ1) is 11.9. The summed E-state index contributed by atoms with van der Waals surface area (Å²) in [6.45, 7) is 4.65. The zero-order valence-corrected chi connectivity index (χ0v) is 19.2. The van der Waals surface area contributed by atoms with Gasteiger partial charge in [0.2, 0.25) is 0 Å². The van der Waals surface area contributed by atoms with E-state index < -0.39 is 5.97 Å². The van der Waals surface area contributed by atoms with Crippen LogP contribution >= 0.6 is 0 Å². The molecular formula is C21H46ClNO3. The Morgan fingerprint density at radius 2 is 1.00 bits per heavy atom. The van der Waals surface area contributed by atoms with Crippen molar-refractivity contribution in [3.8, 4) is 0 Å². The number of halogens is 1. The van der Waals surface area contributed by atoms with Crippen molar-refractivity contribution in [3.63, 3.8) is 0 Å². The van der Waals surface area contributed by atoms with Gasteiger partial charge < -0.3 is 31.1 Å². The Hall–Kier alpha value is 0.130. The zero-order chi connectivity index (χ0) is 19.0. The van der Waals surface area contributed by atoms with Gasteiger partial charge >= 0.3 is 0 Å². The molecule has 0 rings (SSSR count). The average molecular weight is 396 g/mol. The molecule has 0 radical (unpaired) electrons. The third-order valence-corrected chi connectivity index (χ3v) is 5.30. The average Bonchev–Trinajstić information content (AvgIpc) is 2.60. The lowest BCUT2D eigenvalue weighted by Gasteiger charge is -2.33. The molecule has 0 spiro atoms. The van der Waals surface area contributed by atoms with Crippen LogP contribution in [0.1, 0.15) is 84.0 Å². The number of methoxy groups -OCH3 is 3. The second kappa shape index (κ2) is 17.2. The first-order valence-corrected chi connectivity index (χ1v) is 10.4. The number of hydrogen-bond donors (Lipinski definition) is 0. The SMILES string of the molecule is CCCCCCCCCCCC[N+](C)(C)CCCC(OC)(OC)OC.[Cl-]. The van der Waals surface area contributed by atoms with E-state index in [0.717, 1.165) is 23.9 Å². The number of ether oxygens (including phenoxy) is 3. The van der Waals surface area contributed by atoms with E-state index in [4.69, 9.17) is 14.2 Å². The molecule has 0 aliphatic rings. The zero-order valence-electron chi connectivity index (χ0n) is 18.4. The molecule has 0 fully saturated rings. The Bertz CT molecular complexity index is 289. The molecule has 0 atom stereocenters. The molecule has 0 heterocycles. The van der Waals surface area contributed by atoms with E-state index in [-0.39, 0.29) is 12.4 Å². The van der Waals surface area contributed by atoms with Gasteiger partial charge in [-0.05, 0) is 12.8 Å². The van der Waals surface area contributed by atoms with Crippen LogP contribution in [-0.2, 0) is 14.2 Å². The van der Waals surface area contributed by atoms with E-state index in [1.807, 2.05) is 0 Å². The molecule has 160 valence electrons. The smallest absolute Gasteiger partial charge is 0.282 e. The van der Waals surface area contributed by atoms with Gasteiger partial charge in [0.25, 0.3) is 5.97 Å². The number of hydrogen-bond acceptors (Lipinski definition) is 3. The van der Waals surface area contributed by atoms with Crippen molar-refractivity contribution in [2.45, 2.75) is 89.9 Å². The van der Waals surface area contributed by atoms with Crippen LogP contribution in [0.25, 0.3) is 0 Å². The molecule has 0 saturated carbocycles. The van der Waals surface area contributed by atoms with Gasteiger partial charge in [0.05, 0.1) is 27.2 Å². The molecule has 0 saturated heterocycles. The first-order valence-electron chi connectivity index (χ1n) is 10.4. The molecule has 0 N–H and O–H groups in total. The Balaban J connectivity index is 0. The van der Waals surface area contributed by atoms with Crippen molar-refractivity contribution in [1.82, 2.24) is 0 Å². The van der Waals surface area contributed by atoms with E-state index in [2.05, 4.69) is 21.0 Å². The summed E-state index contributed by atoms with van der Waals surface area (Å²) in [7, 11) is 9.55. The summed E-state index contributed by atoms with van der Waals surface area (Å²) in [5, 5.41) is 0. The minimum Gasteiger partial charge on any atom is -1.00 e. The molecule has 0 unspecified atom stereocenters. The van der Waals surface area contributed by atoms with Gasteiger partial charge in [-0.3, -0.25) is 0 Å². The molecular weight excluding hydrogens is 350 g/mol. The summed E-state index contributed by atoms with van der Waals surface area (Å²) in [5.74, 6) is -0.878. The van der Waals surface area contributed by atoms with Crippen molar-refractivity contribution >= 4 is 0 Å². The molecule has 0 aromatic carbocycles. The van der Waals surface area contributed by atoms with Gasteiger partial charge in [0.15, 0.2) is 0 Å². The molecule has 0 aliphatic heterocycles. The fraction of sp³-hybridized carbons (Fsp3) is 1.00. The summed E-state index contributed by atoms with van der Waals surface area (Å²) >= 11 is 0. The highest BCUT2D eigenvalue weighted by atomic mass is 35.5. The second-order valence-corrected chi connectivity index (χ2v) is 7.96. The maximum atomic E-state index is 5.37. The van der Waals surface area contributed by atoms with Gasteiger partial charge in [-0.1, -0.05) is 58.3 Å². The quantitative estimate of drug-likeness (QED) is 0.202. The number of unbranched alkanes of at least 4 members (excludes halogenated alkanes) is 9. The van der Waals surface area contributed by atoms with Crippen molar-refractivity contribution in [3.05, 3.63) is 0 Å². The number of rotatable bonds is 18. The maximum Gasteiger partial charge on any atom is 0.282 e. The molecule has 0 amide bonds. The molecule has 0 aromatic rings. The van der Waals surface area contributed by atoms with Crippen LogP contribution in [-0.4, -0.2) is 59.0 Å². The molecule has 5 heteroatoms. The van der Waals surface area contributed by atoms with Crippen molar-refractivity contribution in [2.24, 2.45) is 0 Å². The molecule has 0 aromatic heterocycles. The standard InChI is InChI=1S/C21H46NO3.ClH/c1-7-8-9-10-11-12-13-14-15-16-19-22(2,3)20-17-18-21(23-4,24-5)25-6;/h7-20H2,1-6H3;1H/q+1;/p-1. The van der Waals surface area contributed by atoms with E-state index in [0.29, 0.717) is 0 Å². The fourth-order valence-corrected chi connectivity index (χ4v) is 3.42. The van der Waals surface area contributed by atoms with Crippen LogP contribution in [0.15, 0.2) is 0 Å². The monoisotopic (exact) mass is 395 g/mol. The Labute approximate surface area is 170 Å². The predicted molar refractivity (Wildman–Crippen MR) is 107 cm³/mol. The number of nitrogens with zero attached hydrogens (tertiary/aromatic N) is 1.